The summed E-state index contributed by atoms with van der Waals surface area (Å²) in [6.07, 6.45) is 4.94. The maximum Gasteiger partial charge on any atom is 0.161 e. The fraction of sp³-hybridized carbons (Fsp3) is 0.0714. The van der Waals surface area contributed by atoms with Crippen molar-refractivity contribution < 1.29 is 15.0 Å². The Hall–Kier alpha value is -2.69. The van der Waals surface area contributed by atoms with E-state index in [1.54, 1.807) is 18.3 Å². The first-order valence-electron chi connectivity index (χ1n) is 5.72. The number of phenolic OH excluding ortho intramolecular Hbond substituents is 2. The molecule has 0 amide bonds. The van der Waals surface area contributed by atoms with Crippen LogP contribution >= 0.6 is 0 Å². The molecule has 94 valence electrons. The standard InChI is InChI=1S/C14H10N2O3/c17-9-2-3-10-11(6-9)16-12(7-15-10)8-1-4-13(18)14(19)5-8/h1-5,7,18-19H,6H2. The Kier molecular flexibility index (Phi) is 2.52. The summed E-state index contributed by atoms with van der Waals surface area (Å²) < 4.78 is 0. The quantitative estimate of drug-likeness (QED) is 0.757. The zero-order valence-electron chi connectivity index (χ0n) is 9.87. The predicted molar refractivity (Wildman–Crippen MR) is 68.5 cm³/mol. The normalized spacial score (nSPS) is 13.4. The number of benzene rings is 1. The Morgan fingerprint density at radius 1 is 1.11 bits per heavy atom. The van der Waals surface area contributed by atoms with Gasteiger partial charge in [-0.05, 0) is 30.4 Å². The summed E-state index contributed by atoms with van der Waals surface area (Å²) in [5, 5.41) is 18.8. The van der Waals surface area contributed by atoms with Crippen molar-refractivity contribution in [1.29, 1.82) is 0 Å². The van der Waals surface area contributed by atoms with Crippen molar-refractivity contribution in [3.05, 3.63) is 41.9 Å². The maximum absolute atomic E-state index is 11.3. The summed E-state index contributed by atoms with van der Waals surface area (Å²) in [4.78, 5) is 20.0. The van der Waals surface area contributed by atoms with Gasteiger partial charge >= 0.3 is 0 Å². The molecule has 19 heavy (non-hydrogen) atoms. The van der Waals surface area contributed by atoms with Crippen molar-refractivity contribution in [2.45, 2.75) is 6.42 Å². The van der Waals surface area contributed by atoms with Crippen LogP contribution in [0.15, 0.2) is 30.5 Å². The van der Waals surface area contributed by atoms with E-state index < -0.39 is 0 Å². The summed E-state index contributed by atoms with van der Waals surface area (Å²) in [6, 6.07) is 4.43. The number of rotatable bonds is 1. The summed E-state index contributed by atoms with van der Waals surface area (Å²) in [7, 11) is 0. The van der Waals surface area contributed by atoms with E-state index in [-0.39, 0.29) is 23.7 Å². The van der Waals surface area contributed by atoms with E-state index in [0.29, 0.717) is 22.6 Å². The van der Waals surface area contributed by atoms with E-state index in [2.05, 4.69) is 9.97 Å². The van der Waals surface area contributed by atoms with Crippen LogP contribution < -0.4 is 0 Å². The molecule has 0 saturated carbocycles. The molecule has 2 N–H and O–H groups in total. The van der Waals surface area contributed by atoms with Gasteiger partial charge < -0.3 is 10.2 Å². The van der Waals surface area contributed by atoms with E-state index in [0.717, 1.165) is 0 Å². The van der Waals surface area contributed by atoms with E-state index in [4.69, 9.17) is 0 Å². The third-order valence-electron chi connectivity index (χ3n) is 2.92. The molecule has 0 bridgehead atoms. The predicted octanol–water partition coefficient (Wildman–Crippen LogP) is 1.69. The minimum absolute atomic E-state index is 0.00694. The SMILES string of the molecule is O=C1C=Cc2ncc(-c3ccc(O)c(O)c3)nc2C1. The van der Waals surface area contributed by atoms with E-state index in [1.165, 1.54) is 18.2 Å². The van der Waals surface area contributed by atoms with Crippen molar-refractivity contribution in [3.8, 4) is 22.8 Å². The van der Waals surface area contributed by atoms with Gasteiger partial charge in [0.2, 0.25) is 0 Å². The van der Waals surface area contributed by atoms with Crippen molar-refractivity contribution in [1.82, 2.24) is 9.97 Å². The molecule has 2 aromatic rings. The molecular formula is C14H10N2O3. The molecule has 0 fully saturated rings. The van der Waals surface area contributed by atoms with Gasteiger partial charge in [0.1, 0.15) is 0 Å². The number of fused-ring (bicyclic) bond motifs is 1. The Morgan fingerprint density at radius 2 is 1.95 bits per heavy atom. The highest BCUT2D eigenvalue weighted by Crippen LogP contribution is 2.30. The van der Waals surface area contributed by atoms with E-state index in [1.807, 2.05) is 0 Å². The second-order valence-electron chi connectivity index (χ2n) is 4.27. The molecule has 0 aliphatic heterocycles. The number of aromatic hydroxyl groups is 2. The first-order valence-corrected chi connectivity index (χ1v) is 5.72. The molecule has 0 unspecified atom stereocenters. The smallest absolute Gasteiger partial charge is 0.161 e. The van der Waals surface area contributed by atoms with Crippen LogP contribution in [0.25, 0.3) is 17.3 Å². The molecule has 1 aromatic heterocycles. The number of phenols is 2. The number of hydrogen-bond acceptors (Lipinski definition) is 5. The molecule has 5 heteroatoms. The average molecular weight is 254 g/mol. The van der Waals surface area contributed by atoms with Gasteiger partial charge in [-0.15, -0.1) is 0 Å². The number of hydrogen-bond donors (Lipinski definition) is 2. The lowest BCUT2D eigenvalue weighted by atomic mass is 10.1. The van der Waals surface area contributed by atoms with Gasteiger partial charge in [0.25, 0.3) is 0 Å². The van der Waals surface area contributed by atoms with Crippen molar-refractivity contribution in [2.24, 2.45) is 0 Å². The Labute approximate surface area is 108 Å². The fourth-order valence-electron chi connectivity index (χ4n) is 1.92. The minimum Gasteiger partial charge on any atom is -0.504 e. The second kappa shape index (κ2) is 4.20. The van der Waals surface area contributed by atoms with Gasteiger partial charge in [-0.3, -0.25) is 9.78 Å². The molecule has 0 saturated heterocycles. The van der Waals surface area contributed by atoms with E-state index in [9.17, 15) is 15.0 Å². The number of nitrogens with zero attached hydrogens (tertiary/aromatic N) is 2. The van der Waals surface area contributed by atoms with Crippen LogP contribution in [0.2, 0.25) is 0 Å². The van der Waals surface area contributed by atoms with Gasteiger partial charge in [0.05, 0.1) is 29.7 Å². The lowest BCUT2D eigenvalue weighted by Crippen LogP contribution is -2.09. The number of carbonyl (C=O) groups is 1. The average Bonchev–Trinajstić information content (AvgIpc) is 2.41. The first kappa shape index (κ1) is 11.4. The summed E-state index contributed by atoms with van der Waals surface area (Å²) in [5.41, 5.74) is 2.49. The van der Waals surface area contributed by atoms with Crippen molar-refractivity contribution >= 4 is 11.9 Å². The van der Waals surface area contributed by atoms with Crippen LogP contribution in [-0.4, -0.2) is 26.0 Å². The summed E-state index contributed by atoms with van der Waals surface area (Å²) in [6.45, 7) is 0. The highest BCUT2D eigenvalue weighted by molar-refractivity contribution is 5.97. The zero-order chi connectivity index (χ0) is 13.4. The number of ketones is 1. The third kappa shape index (κ3) is 2.06. The highest BCUT2D eigenvalue weighted by Gasteiger charge is 2.14. The maximum atomic E-state index is 11.3. The largest absolute Gasteiger partial charge is 0.504 e. The van der Waals surface area contributed by atoms with Crippen molar-refractivity contribution in [3.63, 3.8) is 0 Å². The number of aromatic nitrogens is 2. The van der Waals surface area contributed by atoms with Crippen molar-refractivity contribution in [2.75, 3.05) is 0 Å². The second-order valence-corrected chi connectivity index (χ2v) is 4.27. The Morgan fingerprint density at radius 3 is 2.74 bits per heavy atom. The number of carbonyl (C=O) groups excluding carboxylic acids is 1. The molecule has 1 aromatic carbocycles. The highest BCUT2D eigenvalue weighted by atomic mass is 16.3. The molecule has 3 rings (SSSR count). The van der Waals surface area contributed by atoms with Crippen LogP contribution in [0, 0.1) is 0 Å². The van der Waals surface area contributed by atoms with Gasteiger partial charge in [0.15, 0.2) is 17.3 Å². The summed E-state index contributed by atoms with van der Waals surface area (Å²) in [5.74, 6) is -0.409. The Bertz CT molecular complexity index is 708. The lowest BCUT2D eigenvalue weighted by Gasteiger charge is -2.10. The van der Waals surface area contributed by atoms with Gasteiger partial charge in [-0.2, -0.15) is 0 Å². The van der Waals surface area contributed by atoms with Crippen LogP contribution in [0.3, 0.4) is 0 Å². The lowest BCUT2D eigenvalue weighted by molar-refractivity contribution is -0.114. The zero-order valence-corrected chi connectivity index (χ0v) is 9.87. The van der Waals surface area contributed by atoms with Gasteiger partial charge in [-0.1, -0.05) is 0 Å². The van der Waals surface area contributed by atoms with Gasteiger partial charge in [0, 0.05) is 5.56 Å². The molecule has 1 aliphatic carbocycles. The molecule has 0 radical (unpaired) electrons. The van der Waals surface area contributed by atoms with Gasteiger partial charge in [-0.25, -0.2) is 4.98 Å². The Balaban J connectivity index is 2.07. The van der Waals surface area contributed by atoms with Crippen LogP contribution in [0.1, 0.15) is 11.4 Å². The molecular weight excluding hydrogens is 244 g/mol. The van der Waals surface area contributed by atoms with E-state index >= 15 is 0 Å². The third-order valence-corrected chi connectivity index (χ3v) is 2.92. The molecule has 0 atom stereocenters. The summed E-state index contributed by atoms with van der Waals surface area (Å²) >= 11 is 0. The van der Waals surface area contributed by atoms with Crippen LogP contribution in [0.5, 0.6) is 11.5 Å². The number of allylic oxidation sites excluding steroid dienone is 1. The monoisotopic (exact) mass is 254 g/mol. The topological polar surface area (TPSA) is 83.3 Å². The molecule has 1 heterocycles. The van der Waals surface area contributed by atoms with Crippen LogP contribution in [-0.2, 0) is 11.2 Å². The minimum atomic E-state index is -0.215. The molecule has 0 spiro atoms. The first-order chi connectivity index (χ1) is 9.13. The van der Waals surface area contributed by atoms with Crippen LogP contribution in [0.4, 0.5) is 0 Å². The molecule has 1 aliphatic rings. The molecule has 5 nitrogen and oxygen atoms in total. The fourth-order valence-corrected chi connectivity index (χ4v) is 1.92.